The van der Waals surface area contributed by atoms with Crippen molar-refractivity contribution in [3.63, 3.8) is 0 Å². The number of benzene rings is 10. The summed E-state index contributed by atoms with van der Waals surface area (Å²) in [5.74, 6) is 3.07. The summed E-state index contributed by atoms with van der Waals surface area (Å²) in [6, 6.07) is 112. The molecule has 4 aliphatic heterocycles. The summed E-state index contributed by atoms with van der Waals surface area (Å²) < 4.78 is 40.7. The minimum atomic E-state index is -4.48. The molecule has 0 fully saturated rings. The Bertz CT molecular complexity index is 5370. The molecule has 0 aliphatic carbocycles. The van der Waals surface area contributed by atoms with Gasteiger partial charge in [-0.15, -0.1) is 55.5 Å². The first-order chi connectivity index (χ1) is 54.2. The van der Waals surface area contributed by atoms with Gasteiger partial charge in [-0.05, 0) is 89.1 Å². The van der Waals surface area contributed by atoms with Crippen molar-refractivity contribution in [1.82, 2.24) is 19.9 Å². The Morgan fingerprint density at radius 1 is 0.328 bits per heavy atom. The summed E-state index contributed by atoms with van der Waals surface area (Å²) in [6.07, 6.45) is 0.523. The smallest absolute Gasteiger partial charge is 0.418 e. The second kappa shape index (κ2) is 37.5. The van der Waals surface area contributed by atoms with E-state index >= 15 is 0 Å². The first-order valence-corrected chi connectivity index (χ1v) is 44.2. The van der Waals surface area contributed by atoms with Gasteiger partial charge in [0.1, 0.15) is 31.3 Å². The van der Waals surface area contributed by atoms with Crippen molar-refractivity contribution in [3.05, 3.63) is 378 Å². The van der Waals surface area contributed by atoms with Crippen LogP contribution in [0, 0.1) is 50.9 Å². The predicted molar refractivity (Wildman–Crippen MR) is 459 cm³/mol. The molecule has 0 spiro atoms. The number of alkyl halides is 3. The molecule has 10 aromatic carbocycles. The summed E-state index contributed by atoms with van der Waals surface area (Å²) >= 11 is 0. The van der Waals surface area contributed by atoms with Crippen molar-refractivity contribution >= 4 is 118 Å². The van der Waals surface area contributed by atoms with E-state index in [1.807, 2.05) is 79.1 Å². The van der Waals surface area contributed by atoms with Crippen LogP contribution in [0.2, 0.25) is 39.3 Å². The van der Waals surface area contributed by atoms with E-state index in [1.54, 1.807) is 60.1 Å². The minimum Gasteiger partial charge on any atom is -0.478 e. The molecular weight excluding hydrogens is 2190 g/mol. The molecule has 0 N–H and O–H groups in total. The molecular formula is C95H83F3Ir4N12Si2-8. The van der Waals surface area contributed by atoms with Crippen LogP contribution >= 0.6 is 0 Å². The third-order valence-corrected chi connectivity index (χ3v) is 23.3. The van der Waals surface area contributed by atoms with Crippen LogP contribution in [0.4, 0.5) is 105 Å². The Labute approximate surface area is 736 Å². The van der Waals surface area contributed by atoms with Crippen LogP contribution in [-0.4, -0.2) is 36.1 Å². The molecule has 21 heteroatoms. The Morgan fingerprint density at radius 2 is 0.672 bits per heavy atom. The van der Waals surface area contributed by atoms with E-state index in [0.717, 1.165) is 74.6 Å². The summed E-state index contributed by atoms with van der Waals surface area (Å²) in [5.41, 5.74) is 16.3. The number of nitrogens with zero attached hydrogens (tertiary/aromatic N) is 12. The Hall–Kier alpha value is -9.98. The molecule has 12 nitrogen and oxygen atoms in total. The zero-order valence-electron chi connectivity index (χ0n) is 65.2. The monoisotopic (exact) mass is 2280 g/mol. The molecule has 14 aromatic rings. The van der Waals surface area contributed by atoms with Gasteiger partial charge in [0.25, 0.3) is 0 Å². The standard InChI is InChI=1S/C28H25N3.C27H25N3Si.C21H21N3Si.C19H12F3N3.4Ir/c1-28(2,3)22-14-16-24(17-15-22)31-20-30(23-12-8-5-9-13-23)26-25(18-19-29-27(26)31)21-10-6-4-7-11-21;1-31(2,3)25-19-24(21-13-7-4-8-14-21)26-27(28-25)30(23-17-11-6-12-18-23)20-29(26)22-15-9-5-10-16-22;1-25(2,3)19-14-15-22-21-20(19)23(17-10-6-4-7-11-17)16-24(21)18-12-8-5-9-13-18;20-19(21,22)16-11-12-23-18-17(16)24(14-7-3-1-4-8-14)13-25(18)15-9-5-2-6-10-15;;;;/h4-16,18-20H,1-3H3;4-17,19-20H,1-3H3;4-12,14-16H,1-3H3;1-9,11-13H;;;;/q4*-2;;;;. The Balaban J connectivity index is 0.000000151. The maximum atomic E-state index is 13.6. The average Bonchev–Trinajstić information content (AvgIpc) is 1.60. The minimum absolute atomic E-state index is 0. The number of pyridine rings is 4. The van der Waals surface area contributed by atoms with E-state index in [9.17, 15) is 13.2 Å². The van der Waals surface area contributed by atoms with Gasteiger partial charge in [-0.1, -0.05) is 199 Å². The van der Waals surface area contributed by atoms with Gasteiger partial charge in [-0.2, -0.15) is 128 Å². The zero-order chi connectivity index (χ0) is 77.7. The molecule has 4 radical (unpaired) electrons. The number of rotatable bonds is 12. The molecule has 0 unspecified atom stereocenters. The van der Waals surface area contributed by atoms with Crippen molar-refractivity contribution in [3.8, 4) is 22.3 Å². The normalized spacial score (nSPS) is 13.1. The SMILES string of the molecule is CC(C)(C)c1c[c-]c(N2[CH-]N(c3ccccc3)c3c(-c4ccccc4)ccnc32)cc1.C[Si](C)(C)c1cc(-c2ccccc2)c2c(n1)N(c1[c-]cccc1)[CH-]N2c1ccccc1.C[Si](C)(C)c1ccnc2c1N(c1ccccc1)[CH-]N2c1[c-]cccc1.FC(F)(F)c1ccnc2c1N(c1ccccc1)[CH-]N2c1[c-]cccc1.[Ir].[Ir].[Ir].[Ir]. The fraction of sp³-hybridized carbons (Fsp3) is 0.116. The fourth-order valence-electron chi connectivity index (χ4n) is 13.8. The third kappa shape index (κ3) is 18.8. The van der Waals surface area contributed by atoms with Crippen molar-refractivity contribution < 1.29 is 93.6 Å². The summed E-state index contributed by atoms with van der Waals surface area (Å²) in [6.45, 7) is 28.8. The quantitative estimate of drug-likeness (QED) is 0.0864. The molecule has 0 bridgehead atoms. The number of anilines is 16. The molecule has 18 rings (SSSR count). The summed E-state index contributed by atoms with van der Waals surface area (Å²) in [7, 11) is -3.19. The van der Waals surface area contributed by atoms with E-state index in [4.69, 9.17) is 15.0 Å². The van der Waals surface area contributed by atoms with Crippen LogP contribution in [0.5, 0.6) is 0 Å². The molecule has 0 saturated heterocycles. The molecule has 596 valence electrons. The number of hydrogen-bond donors (Lipinski definition) is 0. The Kier molecular flexibility index (Phi) is 28.1. The molecule has 116 heavy (non-hydrogen) atoms. The van der Waals surface area contributed by atoms with Crippen molar-refractivity contribution in [2.45, 2.75) is 71.6 Å². The van der Waals surface area contributed by atoms with E-state index in [2.05, 4.69) is 315 Å². The van der Waals surface area contributed by atoms with Crippen LogP contribution < -0.4 is 49.7 Å². The van der Waals surface area contributed by atoms with Gasteiger partial charge in [0.05, 0.1) is 36.4 Å². The van der Waals surface area contributed by atoms with Crippen LogP contribution in [0.15, 0.2) is 316 Å². The summed E-state index contributed by atoms with van der Waals surface area (Å²) in [4.78, 5) is 35.2. The first-order valence-electron chi connectivity index (χ1n) is 37.2. The van der Waals surface area contributed by atoms with Crippen LogP contribution in [0.25, 0.3) is 22.3 Å². The van der Waals surface area contributed by atoms with Gasteiger partial charge in [0.2, 0.25) is 0 Å². The molecule has 4 aromatic heterocycles. The van der Waals surface area contributed by atoms with E-state index in [-0.39, 0.29) is 97.3 Å². The number of halogens is 3. The molecule has 0 saturated carbocycles. The van der Waals surface area contributed by atoms with Gasteiger partial charge in [0.15, 0.2) is 0 Å². The van der Waals surface area contributed by atoms with Gasteiger partial charge in [-0.25, -0.2) is 19.9 Å². The van der Waals surface area contributed by atoms with Crippen molar-refractivity contribution in [2.24, 2.45) is 0 Å². The second-order valence-corrected chi connectivity index (χ2v) is 40.3. The van der Waals surface area contributed by atoms with Gasteiger partial charge in [0, 0.05) is 138 Å². The first kappa shape index (κ1) is 86.9. The van der Waals surface area contributed by atoms with Crippen molar-refractivity contribution in [2.75, 3.05) is 39.2 Å². The fourth-order valence-corrected chi connectivity index (χ4v) is 16.3. The molecule has 0 atom stereocenters. The number of para-hydroxylation sites is 7. The topological polar surface area (TPSA) is 77.5 Å². The van der Waals surface area contributed by atoms with E-state index in [0.29, 0.717) is 11.4 Å². The van der Waals surface area contributed by atoms with Crippen LogP contribution in [-0.2, 0) is 92.0 Å². The number of fused-ring (bicyclic) bond motifs is 4. The van der Waals surface area contributed by atoms with E-state index in [1.165, 1.54) is 49.5 Å². The zero-order valence-corrected chi connectivity index (χ0v) is 76.7. The number of aromatic nitrogens is 4. The van der Waals surface area contributed by atoms with Crippen molar-refractivity contribution in [1.29, 1.82) is 0 Å². The van der Waals surface area contributed by atoms with Gasteiger partial charge in [-0.3, -0.25) is 0 Å². The maximum Gasteiger partial charge on any atom is 0.418 e. The second-order valence-electron chi connectivity index (χ2n) is 30.3. The average molecular weight is 2270 g/mol. The molecule has 4 aliphatic rings. The maximum absolute atomic E-state index is 13.6. The van der Waals surface area contributed by atoms with Gasteiger partial charge >= 0.3 is 6.18 Å². The molecule has 0 amide bonds. The van der Waals surface area contributed by atoms with Crippen LogP contribution in [0.1, 0.15) is 31.9 Å². The Morgan fingerprint density at radius 3 is 1.05 bits per heavy atom. The molecule has 8 heterocycles. The summed E-state index contributed by atoms with van der Waals surface area (Å²) in [5, 5.41) is 2.62. The van der Waals surface area contributed by atoms with Crippen LogP contribution in [0.3, 0.4) is 0 Å². The van der Waals surface area contributed by atoms with Gasteiger partial charge < -0.3 is 39.2 Å². The number of hydrogen-bond acceptors (Lipinski definition) is 12. The largest absolute Gasteiger partial charge is 0.478 e. The van der Waals surface area contributed by atoms with E-state index < -0.39 is 27.9 Å². The predicted octanol–water partition coefficient (Wildman–Crippen LogP) is 23.9. The third-order valence-electron chi connectivity index (χ3n) is 19.5.